The Hall–Kier alpha value is -8.90. The fraction of sp³-hybridized carbons (Fsp3) is 0. The molecule has 13 aromatic rings. The Kier molecular flexibility index (Phi) is 9.99. The van der Waals surface area contributed by atoms with Gasteiger partial charge in [-0.25, -0.2) is 0 Å². The van der Waals surface area contributed by atoms with Crippen molar-refractivity contribution in [3.05, 3.63) is 261 Å². The van der Waals surface area contributed by atoms with E-state index in [1.165, 1.54) is 42.1 Å². The van der Waals surface area contributed by atoms with Crippen molar-refractivity contribution in [3.8, 4) is 11.1 Å². The van der Waals surface area contributed by atoms with Crippen molar-refractivity contribution in [2.75, 3.05) is 14.7 Å². The van der Waals surface area contributed by atoms with Crippen LogP contribution in [0.5, 0.6) is 0 Å². The average molecular weight is 902 g/mol. The molecule has 0 fully saturated rings. The number of nitrogens with zero attached hydrogens (tertiary/aromatic N) is 3. The molecule has 0 aliphatic rings. The van der Waals surface area contributed by atoms with Crippen LogP contribution in [-0.2, 0) is 0 Å². The first-order chi connectivity index (χ1) is 34.2. The molecule has 5 heteroatoms. The number of anilines is 9. The highest BCUT2D eigenvalue weighted by atomic mass is 32.1. The van der Waals surface area contributed by atoms with Crippen molar-refractivity contribution < 1.29 is 4.42 Å². The van der Waals surface area contributed by atoms with Crippen LogP contribution in [0, 0.1) is 0 Å². The maximum absolute atomic E-state index is 6.63. The quantitative estimate of drug-likeness (QED) is 0.136. The van der Waals surface area contributed by atoms with Gasteiger partial charge in [0.1, 0.15) is 11.2 Å². The molecule has 0 aliphatic heterocycles. The molecule has 11 aromatic carbocycles. The lowest BCUT2D eigenvalue weighted by Gasteiger charge is -2.27. The van der Waals surface area contributed by atoms with Crippen molar-refractivity contribution in [1.29, 1.82) is 0 Å². The van der Waals surface area contributed by atoms with Crippen LogP contribution in [0.3, 0.4) is 0 Å². The number of thiophene rings is 1. The average Bonchev–Trinajstić information content (AvgIpc) is 3.97. The summed E-state index contributed by atoms with van der Waals surface area (Å²) in [6.07, 6.45) is 0. The second kappa shape index (κ2) is 17.1. The van der Waals surface area contributed by atoms with E-state index in [4.69, 9.17) is 4.42 Å². The molecular weight excluding hydrogens is 859 g/mol. The van der Waals surface area contributed by atoms with Gasteiger partial charge in [0.2, 0.25) is 0 Å². The van der Waals surface area contributed by atoms with Crippen molar-refractivity contribution in [1.82, 2.24) is 0 Å². The smallest absolute Gasteiger partial charge is 0.135 e. The third-order valence-electron chi connectivity index (χ3n) is 13.2. The first kappa shape index (κ1) is 40.4. The van der Waals surface area contributed by atoms with E-state index in [-0.39, 0.29) is 0 Å². The van der Waals surface area contributed by atoms with E-state index in [1.54, 1.807) is 0 Å². The summed E-state index contributed by atoms with van der Waals surface area (Å²) in [6, 6.07) is 93.5. The lowest BCUT2D eigenvalue weighted by molar-refractivity contribution is 0.669. The Morgan fingerprint density at radius 3 is 1.20 bits per heavy atom. The molecular formula is C64H43N3OS. The number of rotatable bonds is 10. The minimum absolute atomic E-state index is 0.844. The number of para-hydroxylation sites is 3. The molecule has 0 bridgehead atoms. The molecule has 69 heavy (non-hydrogen) atoms. The molecule has 4 nitrogen and oxygen atoms in total. The summed E-state index contributed by atoms with van der Waals surface area (Å²) in [4.78, 5) is 7.08. The van der Waals surface area contributed by atoms with Gasteiger partial charge in [-0.05, 0) is 144 Å². The van der Waals surface area contributed by atoms with Gasteiger partial charge >= 0.3 is 0 Å². The maximum atomic E-state index is 6.63. The number of furan rings is 1. The van der Waals surface area contributed by atoms with Crippen LogP contribution < -0.4 is 14.7 Å². The van der Waals surface area contributed by atoms with Gasteiger partial charge in [-0.1, -0.05) is 133 Å². The van der Waals surface area contributed by atoms with E-state index in [9.17, 15) is 0 Å². The van der Waals surface area contributed by atoms with Gasteiger partial charge in [0, 0.05) is 81.8 Å². The Balaban J connectivity index is 0.943. The Morgan fingerprint density at radius 1 is 0.261 bits per heavy atom. The lowest BCUT2D eigenvalue weighted by atomic mass is 10.0. The van der Waals surface area contributed by atoms with Gasteiger partial charge in [0.05, 0.1) is 5.69 Å². The monoisotopic (exact) mass is 901 g/mol. The Labute approximate surface area is 404 Å². The van der Waals surface area contributed by atoms with Gasteiger partial charge in [-0.2, -0.15) is 0 Å². The second-order valence-corrected chi connectivity index (χ2v) is 18.4. The lowest BCUT2D eigenvalue weighted by Crippen LogP contribution is -2.10. The molecule has 0 aliphatic carbocycles. The van der Waals surface area contributed by atoms with Gasteiger partial charge in [0.15, 0.2) is 0 Å². The fourth-order valence-electron chi connectivity index (χ4n) is 9.95. The van der Waals surface area contributed by atoms with E-state index >= 15 is 0 Å². The molecule has 0 N–H and O–H groups in total. The van der Waals surface area contributed by atoms with Crippen LogP contribution in [0.15, 0.2) is 265 Å². The van der Waals surface area contributed by atoms with Crippen molar-refractivity contribution in [3.63, 3.8) is 0 Å². The van der Waals surface area contributed by atoms with Crippen molar-refractivity contribution in [2.45, 2.75) is 0 Å². The van der Waals surface area contributed by atoms with E-state index < -0.39 is 0 Å². The normalized spacial score (nSPS) is 11.5. The number of fused-ring (bicyclic) bond motifs is 7. The highest BCUT2D eigenvalue weighted by Gasteiger charge is 2.21. The highest BCUT2D eigenvalue weighted by molar-refractivity contribution is 7.25. The van der Waals surface area contributed by atoms with E-state index in [0.29, 0.717) is 0 Å². The zero-order chi connectivity index (χ0) is 45.7. The third kappa shape index (κ3) is 7.33. The largest absolute Gasteiger partial charge is 0.456 e. The Bertz CT molecular complexity index is 3920. The summed E-state index contributed by atoms with van der Waals surface area (Å²) < 4.78 is 9.13. The molecule has 0 atom stereocenters. The third-order valence-corrected chi connectivity index (χ3v) is 14.3. The predicted molar refractivity (Wildman–Crippen MR) is 294 cm³/mol. The zero-order valence-corrected chi connectivity index (χ0v) is 38.3. The number of hydrogen-bond donors (Lipinski definition) is 0. The molecule has 0 amide bonds. The summed E-state index contributed by atoms with van der Waals surface area (Å²) in [5.41, 5.74) is 13.8. The number of benzene rings is 11. The molecule has 2 heterocycles. The molecule has 0 spiro atoms. The standard InChI is InChI=1S/C64H43N3OS/c1-5-16-44(17-6-1)45-28-30-50(31-29-45)67(60-27-15-19-46-18-13-14-26-55(46)60)54-33-37-62-57(41-54)56-40-51(32-36-61(56)68-62)66(49-24-11-4-12-25-49)53-35-39-64-59(43-53)58-42-52(34-38-63(58)69-64)65(47-20-7-2-8-21-47)48-22-9-3-10-23-48/h1-43H. The first-order valence-corrected chi connectivity index (χ1v) is 24.1. The summed E-state index contributed by atoms with van der Waals surface area (Å²) in [5, 5.41) is 6.93. The summed E-state index contributed by atoms with van der Waals surface area (Å²) >= 11 is 1.84. The van der Waals surface area contributed by atoms with Crippen LogP contribution in [0.4, 0.5) is 51.2 Å². The zero-order valence-electron chi connectivity index (χ0n) is 37.5. The van der Waals surface area contributed by atoms with Gasteiger partial charge in [-0.15, -0.1) is 11.3 Å². The van der Waals surface area contributed by atoms with Crippen LogP contribution in [0.25, 0.3) is 64.0 Å². The van der Waals surface area contributed by atoms with Crippen LogP contribution >= 0.6 is 11.3 Å². The SMILES string of the molecule is c1ccc(-c2ccc(N(c3ccc4oc5ccc(N(c6ccccc6)c6ccc7sc8ccc(N(c9ccccc9)c9ccccc9)cc8c7c6)cc5c4c3)c3cccc4ccccc34)cc2)cc1. The highest BCUT2D eigenvalue weighted by Crippen LogP contribution is 2.46. The van der Waals surface area contributed by atoms with Crippen molar-refractivity contribution in [2.24, 2.45) is 0 Å². The molecule has 0 radical (unpaired) electrons. The minimum atomic E-state index is 0.844. The Morgan fingerprint density at radius 2 is 0.652 bits per heavy atom. The van der Waals surface area contributed by atoms with Gasteiger partial charge < -0.3 is 19.1 Å². The molecule has 2 aromatic heterocycles. The maximum Gasteiger partial charge on any atom is 0.135 e. The van der Waals surface area contributed by atoms with Crippen molar-refractivity contribution >= 4 is 115 Å². The topological polar surface area (TPSA) is 22.9 Å². The molecule has 0 saturated heterocycles. The van der Waals surface area contributed by atoms with E-state index in [2.05, 4.69) is 276 Å². The van der Waals surface area contributed by atoms with E-state index in [1.807, 2.05) is 11.3 Å². The summed E-state index contributed by atoms with van der Waals surface area (Å²) in [5.74, 6) is 0. The van der Waals surface area contributed by atoms with Crippen LogP contribution in [0.1, 0.15) is 0 Å². The van der Waals surface area contributed by atoms with Crippen LogP contribution in [0.2, 0.25) is 0 Å². The van der Waals surface area contributed by atoms with E-state index in [0.717, 1.165) is 73.1 Å². The summed E-state index contributed by atoms with van der Waals surface area (Å²) in [7, 11) is 0. The second-order valence-electron chi connectivity index (χ2n) is 17.4. The van der Waals surface area contributed by atoms with Crippen LogP contribution in [-0.4, -0.2) is 0 Å². The number of hydrogen-bond acceptors (Lipinski definition) is 5. The summed E-state index contributed by atoms with van der Waals surface area (Å²) in [6.45, 7) is 0. The molecule has 13 rings (SSSR count). The minimum Gasteiger partial charge on any atom is -0.456 e. The molecule has 0 saturated carbocycles. The van der Waals surface area contributed by atoms with Gasteiger partial charge in [0.25, 0.3) is 0 Å². The first-order valence-electron chi connectivity index (χ1n) is 23.3. The molecule has 326 valence electrons. The fourth-order valence-corrected chi connectivity index (χ4v) is 11.0. The predicted octanol–water partition coefficient (Wildman–Crippen LogP) is 19.2. The van der Waals surface area contributed by atoms with Gasteiger partial charge in [-0.3, -0.25) is 0 Å². The molecule has 0 unspecified atom stereocenters.